The number of halogens is 9. The fourth-order valence-electron chi connectivity index (χ4n) is 7.16. The van der Waals surface area contributed by atoms with Crippen LogP contribution in [0.3, 0.4) is 0 Å². The number of anilines is 1. The summed E-state index contributed by atoms with van der Waals surface area (Å²) >= 11 is 34.8. The first-order chi connectivity index (χ1) is 39.9. The molecule has 0 aliphatic carbocycles. The Morgan fingerprint density at radius 3 is 1.17 bits per heavy atom. The molecule has 16 nitrogen and oxygen atoms in total. The van der Waals surface area contributed by atoms with Crippen LogP contribution in [-0.4, -0.2) is 72.3 Å². The van der Waals surface area contributed by atoms with E-state index in [-0.39, 0.29) is 58.0 Å². The van der Waals surface area contributed by atoms with Crippen LogP contribution in [0.25, 0.3) is 44.4 Å². The van der Waals surface area contributed by atoms with E-state index in [0.29, 0.717) is 65.6 Å². The van der Waals surface area contributed by atoms with Crippen molar-refractivity contribution in [3.05, 3.63) is 109 Å². The average Bonchev–Trinajstić information content (AvgIpc) is 1.50. The van der Waals surface area contributed by atoms with E-state index < -0.39 is 67.6 Å². The Morgan fingerprint density at radius 2 is 0.784 bits per heavy atom. The molecular formula is C58H66Cl5F4N5O11S5. The third-order valence-electron chi connectivity index (χ3n) is 12.0. The molecule has 0 radical (unpaired) electrons. The lowest BCUT2D eigenvalue weighted by atomic mass is 9.97. The minimum atomic E-state index is -4.39. The lowest BCUT2D eigenvalue weighted by Crippen LogP contribution is -2.26. The average molecular weight is 1420 g/mol. The van der Waals surface area contributed by atoms with E-state index in [1.165, 1.54) is 24.3 Å². The topological polar surface area (TPSA) is 253 Å². The number of nitrogens with two attached hydrogens (primary N) is 1. The van der Waals surface area contributed by atoms with Gasteiger partial charge in [0.05, 0.1) is 40.6 Å². The van der Waals surface area contributed by atoms with Gasteiger partial charge in [-0.25, -0.2) is 62.8 Å². The predicted octanol–water partition coefficient (Wildman–Crippen LogP) is 18.7. The monoisotopic (exact) mass is 1420 g/mol. The third-order valence-corrected chi connectivity index (χ3v) is 21.2. The van der Waals surface area contributed by atoms with E-state index in [0.717, 1.165) is 50.5 Å². The van der Waals surface area contributed by atoms with Gasteiger partial charge in [0.2, 0.25) is 63.1 Å². The normalized spacial score (nSPS) is 12.9. The number of thioether (sulfide) groups is 1. The van der Waals surface area contributed by atoms with E-state index >= 15 is 0 Å². The summed E-state index contributed by atoms with van der Waals surface area (Å²) in [5, 5.41) is 5.17. The second kappa shape index (κ2) is 26.9. The quantitative estimate of drug-likeness (QED) is 0.0420. The van der Waals surface area contributed by atoms with Crippen LogP contribution in [0.1, 0.15) is 134 Å². The van der Waals surface area contributed by atoms with E-state index in [1.54, 1.807) is 30.3 Å². The number of hydrogen-bond acceptors (Lipinski definition) is 18. The van der Waals surface area contributed by atoms with Crippen molar-refractivity contribution in [3.63, 3.8) is 0 Å². The second-order valence-corrected chi connectivity index (χ2v) is 34.5. The predicted molar refractivity (Wildman–Crippen MR) is 345 cm³/mol. The highest BCUT2D eigenvalue weighted by Crippen LogP contribution is 2.43. The van der Waals surface area contributed by atoms with Crippen molar-refractivity contribution in [2.75, 3.05) is 17.7 Å². The van der Waals surface area contributed by atoms with Crippen LogP contribution in [0.5, 0.6) is 5.75 Å². The zero-order valence-electron chi connectivity index (χ0n) is 50.6. The van der Waals surface area contributed by atoms with Gasteiger partial charge >= 0.3 is 0 Å². The number of thiol groups is 1. The van der Waals surface area contributed by atoms with Gasteiger partial charge in [0.15, 0.2) is 34.1 Å². The number of aromatic hydroxyl groups is 1. The number of aromatic nitrogens is 4. The maximum absolute atomic E-state index is 14.1. The Bertz CT molecular complexity index is 4400. The summed E-state index contributed by atoms with van der Waals surface area (Å²) in [6.45, 7) is 27.1. The van der Waals surface area contributed by atoms with Crippen molar-refractivity contribution >= 4 is 162 Å². The van der Waals surface area contributed by atoms with Gasteiger partial charge in [0, 0.05) is 21.7 Å². The van der Waals surface area contributed by atoms with Crippen LogP contribution in [0.4, 0.5) is 23.2 Å². The minimum Gasteiger partial charge on any atom is -0.504 e. The zero-order valence-corrected chi connectivity index (χ0v) is 58.5. The number of hydrogen-bond donors (Lipinski definition) is 3. The summed E-state index contributed by atoms with van der Waals surface area (Å²) < 4.78 is 147. The second-order valence-electron chi connectivity index (χ2n) is 24.5. The molecule has 0 aliphatic heterocycles. The molecule has 0 bridgehead atoms. The largest absolute Gasteiger partial charge is 0.504 e. The zero-order chi connectivity index (χ0) is 67.2. The van der Waals surface area contributed by atoms with Crippen LogP contribution < -0.4 is 5.73 Å². The number of alkyl halides is 4. The Balaban J connectivity index is 0.000000201. The van der Waals surface area contributed by atoms with Gasteiger partial charge in [-0.05, 0) is 88.4 Å². The number of rotatable bonds is 8. The maximum Gasteiger partial charge on any atom is 0.217 e. The molecule has 0 saturated carbocycles. The Morgan fingerprint density at radius 1 is 0.477 bits per heavy atom. The van der Waals surface area contributed by atoms with Crippen molar-refractivity contribution in [3.8, 4) is 5.75 Å². The maximum atomic E-state index is 14.1. The molecule has 0 amide bonds. The molecule has 30 heteroatoms. The highest BCUT2D eigenvalue weighted by Gasteiger charge is 2.41. The lowest BCUT2D eigenvalue weighted by Gasteiger charge is -2.17. The van der Waals surface area contributed by atoms with Crippen LogP contribution >= 0.6 is 82.4 Å². The number of fused-ring (bicyclic) bond motifs is 4. The molecule has 9 aromatic rings. The van der Waals surface area contributed by atoms with Crippen molar-refractivity contribution in [1.29, 1.82) is 0 Å². The molecule has 482 valence electrons. The number of nitrogens with zero attached hydrogens (tertiary/aromatic N) is 4. The molecule has 88 heavy (non-hydrogen) atoms. The molecule has 5 aromatic carbocycles. The van der Waals surface area contributed by atoms with E-state index in [4.69, 9.17) is 81.4 Å². The summed E-state index contributed by atoms with van der Waals surface area (Å²) in [5.41, 5.74) is 7.54. The van der Waals surface area contributed by atoms with Crippen molar-refractivity contribution in [2.45, 2.75) is 167 Å². The van der Waals surface area contributed by atoms with Gasteiger partial charge in [-0.3, -0.25) is 0 Å². The van der Waals surface area contributed by atoms with Crippen LogP contribution in [0.15, 0.2) is 103 Å². The van der Waals surface area contributed by atoms with Gasteiger partial charge in [-0.2, -0.15) is 0 Å². The van der Waals surface area contributed by atoms with Crippen LogP contribution in [0.2, 0.25) is 25.1 Å². The molecular weight excluding hydrogens is 1360 g/mol. The summed E-state index contributed by atoms with van der Waals surface area (Å²) in [5.74, 6) is 1.36. The summed E-state index contributed by atoms with van der Waals surface area (Å²) in [4.78, 5) is 17.2. The number of sulfone groups is 3. The van der Waals surface area contributed by atoms with Crippen molar-refractivity contribution in [2.24, 2.45) is 0 Å². The van der Waals surface area contributed by atoms with E-state index in [9.17, 15) is 47.9 Å². The van der Waals surface area contributed by atoms with E-state index in [2.05, 4.69) is 53.3 Å². The van der Waals surface area contributed by atoms with Gasteiger partial charge in [-0.15, -0.1) is 12.6 Å². The molecule has 0 aliphatic rings. The molecule has 4 aromatic heterocycles. The standard InChI is InChI=1S/C14H17ClFNO3S.C12H13ClFNO3S.C12H13ClFNOS.C11H12ClNOS.C9H11ClFNO3S/c1-13(2,3)12-17-9-7-6-8(15)11(10(9)20-12)21(18,19)14(4,5)16;1-12(2,3)11-15-8-5-4-7(13)10(9(8)18-11)19(16,17)6-14;1-12(2,3)11-15-8-5-4-7(13)10(17-6-14)9(8)16-11;1-11(2,3)10-13-7-5-4-6(12)9(15)8(7)14-10;1-9(2,11)16(14,15)8-5(10)3-4-6(12)7(8)13/h6-7H,1-5H3;4-5H,6H2,1-3H3;4-5H,6H2,1-3H3;4-5,15H,1-3H3;3-4,13H,12H2,1-2H3. The van der Waals surface area contributed by atoms with Gasteiger partial charge in [0.25, 0.3) is 0 Å². The molecule has 0 saturated heterocycles. The Hall–Kier alpha value is -4.70. The fourth-order valence-corrected chi connectivity index (χ4v) is 13.1. The summed E-state index contributed by atoms with van der Waals surface area (Å²) in [6, 6.07) is 13.4. The minimum absolute atomic E-state index is 0.00171. The van der Waals surface area contributed by atoms with Crippen molar-refractivity contribution < 1.29 is 65.6 Å². The molecule has 9 rings (SSSR count). The summed E-state index contributed by atoms with van der Waals surface area (Å²) in [6.07, 6.45) is 0. The lowest BCUT2D eigenvalue weighted by molar-refractivity contribution is 0.318. The summed E-state index contributed by atoms with van der Waals surface area (Å²) in [7, 11) is -12.8. The SMILES string of the molecule is CC(C)(C)c1nc2ccc(Cl)c(S(=O)(=O)C(C)(C)F)c2o1.CC(C)(C)c1nc2ccc(Cl)c(S(=O)(=O)CF)c2o1.CC(C)(C)c1nc2ccc(Cl)c(S)c2o1.CC(C)(C)c1nc2ccc(Cl)c(SCF)c2o1.CC(C)(F)S(=O)(=O)c1c(Cl)ccc(N)c1O. The van der Waals surface area contributed by atoms with Crippen molar-refractivity contribution in [1.82, 2.24) is 19.9 Å². The molecule has 3 N–H and O–H groups in total. The molecule has 0 spiro atoms. The highest BCUT2D eigenvalue weighted by atomic mass is 35.5. The first-order valence-corrected chi connectivity index (χ1v) is 34.1. The Labute approximate surface area is 543 Å². The first kappa shape index (κ1) is 74.0. The van der Waals surface area contributed by atoms with Gasteiger partial charge < -0.3 is 28.5 Å². The number of oxazole rings is 4. The van der Waals surface area contributed by atoms with Gasteiger partial charge in [-0.1, -0.05) is 153 Å². The highest BCUT2D eigenvalue weighted by molar-refractivity contribution is 7.99. The van der Waals surface area contributed by atoms with E-state index in [1.807, 2.05) is 68.4 Å². The number of phenols is 1. The van der Waals surface area contributed by atoms with Crippen LogP contribution in [0, 0.1) is 0 Å². The van der Waals surface area contributed by atoms with Gasteiger partial charge in [0.1, 0.15) is 42.8 Å². The number of phenolic OH excluding ortho intramolecular Hbond substituents is 1. The Kier molecular flexibility index (Phi) is 22.6. The first-order valence-electron chi connectivity index (χ1n) is 26.1. The molecule has 4 heterocycles. The molecule has 0 unspecified atom stereocenters. The molecule has 0 atom stereocenters. The fraction of sp³-hybridized carbons (Fsp3) is 0.414. The number of nitrogen functional groups attached to an aromatic ring is 1. The smallest absolute Gasteiger partial charge is 0.217 e. The van der Waals surface area contributed by atoms with Crippen LogP contribution in [-0.2, 0) is 51.2 Å². The molecule has 0 fully saturated rings. The third kappa shape index (κ3) is 16.5. The number of benzene rings is 5.